The minimum atomic E-state index is -0.929. The number of nitrogens with one attached hydrogen (secondary N) is 3. The molecule has 0 aliphatic heterocycles. The maximum absolute atomic E-state index is 12.3. The third-order valence-corrected chi connectivity index (χ3v) is 3.96. The SMILES string of the molecule is CC(C)NC(=O)CNC(=O)COC(=O)[C@H](C)NC(=O)c1ccc(C(C)(C)C)cc1. The van der Waals surface area contributed by atoms with Gasteiger partial charge >= 0.3 is 5.97 Å². The molecule has 0 bridgehead atoms. The molecule has 3 amide bonds. The quantitative estimate of drug-likeness (QED) is 0.564. The average Bonchev–Trinajstić information content (AvgIpc) is 2.63. The molecule has 1 rings (SSSR count). The molecule has 0 aliphatic rings. The van der Waals surface area contributed by atoms with E-state index in [0.717, 1.165) is 5.56 Å². The predicted octanol–water partition coefficient (Wildman–Crippen LogP) is 1.29. The van der Waals surface area contributed by atoms with Gasteiger partial charge in [-0.3, -0.25) is 14.4 Å². The van der Waals surface area contributed by atoms with Gasteiger partial charge in [-0.15, -0.1) is 0 Å². The Morgan fingerprint density at radius 2 is 1.52 bits per heavy atom. The van der Waals surface area contributed by atoms with Crippen LogP contribution in [0, 0.1) is 0 Å². The molecule has 0 spiro atoms. The van der Waals surface area contributed by atoms with Gasteiger partial charge in [0.05, 0.1) is 6.54 Å². The molecule has 0 fully saturated rings. The van der Waals surface area contributed by atoms with Crippen LogP contribution in [0.1, 0.15) is 57.5 Å². The summed E-state index contributed by atoms with van der Waals surface area (Å²) in [5.41, 5.74) is 1.49. The lowest BCUT2D eigenvalue weighted by atomic mass is 9.86. The summed E-state index contributed by atoms with van der Waals surface area (Å²) in [6.45, 7) is 10.6. The second-order valence-corrected chi connectivity index (χ2v) is 8.13. The highest BCUT2D eigenvalue weighted by Crippen LogP contribution is 2.22. The first kappa shape index (κ1) is 24.1. The number of benzene rings is 1. The molecule has 3 N–H and O–H groups in total. The molecular formula is C21H31N3O5. The predicted molar refractivity (Wildman–Crippen MR) is 109 cm³/mol. The van der Waals surface area contributed by atoms with Crippen molar-refractivity contribution in [2.24, 2.45) is 0 Å². The largest absolute Gasteiger partial charge is 0.454 e. The van der Waals surface area contributed by atoms with Crippen LogP contribution < -0.4 is 16.0 Å². The van der Waals surface area contributed by atoms with Crippen molar-refractivity contribution in [3.63, 3.8) is 0 Å². The second-order valence-electron chi connectivity index (χ2n) is 8.13. The molecule has 0 radical (unpaired) electrons. The second kappa shape index (κ2) is 10.6. The van der Waals surface area contributed by atoms with E-state index in [1.807, 2.05) is 12.1 Å². The number of ether oxygens (including phenoxy) is 1. The molecule has 29 heavy (non-hydrogen) atoms. The molecule has 8 heteroatoms. The Balaban J connectivity index is 2.44. The lowest BCUT2D eigenvalue weighted by molar-refractivity contribution is -0.150. The lowest BCUT2D eigenvalue weighted by Crippen LogP contribution is -2.43. The van der Waals surface area contributed by atoms with E-state index in [2.05, 4.69) is 36.7 Å². The van der Waals surface area contributed by atoms with Gasteiger partial charge in [-0.2, -0.15) is 0 Å². The summed E-state index contributed by atoms with van der Waals surface area (Å²) in [5.74, 6) is -2.09. The van der Waals surface area contributed by atoms with Crippen molar-refractivity contribution in [3.8, 4) is 0 Å². The molecule has 8 nitrogen and oxygen atoms in total. The van der Waals surface area contributed by atoms with Crippen LogP contribution in [0.25, 0.3) is 0 Å². The highest BCUT2D eigenvalue weighted by molar-refractivity contribution is 5.97. The maximum Gasteiger partial charge on any atom is 0.328 e. The van der Waals surface area contributed by atoms with E-state index >= 15 is 0 Å². The molecular weight excluding hydrogens is 374 g/mol. The molecule has 0 aliphatic carbocycles. The van der Waals surface area contributed by atoms with E-state index in [0.29, 0.717) is 5.56 Å². The fourth-order valence-corrected chi connectivity index (χ4v) is 2.33. The zero-order valence-electron chi connectivity index (χ0n) is 17.9. The van der Waals surface area contributed by atoms with Crippen LogP contribution >= 0.6 is 0 Å². The summed E-state index contributed by atoms with van der Waals surface area (Å²) in [6, 6.07) is 6.18. The summed E-state index contributed by atoms with van der Waals surface area (Å²) in [4.78, 5) is 47.4. The number of carbonyl (C=O) groups excluding carboxylic acids is 4. The van der Waals surface area contributed by atoms with Crippen molar-refractivity contribution >= 4 is 23.7 Å². The summed E-state index contributed by atoms with van der Waals surface area (Å²) >= 11 is 0. The van der Waals surface area contributed by atoms with Crippen LogP contribution in [-0.2, 0) is 24.5 Å². The van der Waals surface area contributed by atoms with E-state index in [-0.39, 0.29) is 23.9 Å². The lowest BCUT2D eigenvalue weighted by Gasteiger charge is -2.19. The number of esters is 1. The number of amides is 3. The van der Waals surface area contributed by atoms with Crippen molar-refractivity contribution in [1.82, 2.24) is 16.0 Å². The Hall–Kier alpha value is -2.90. The van der Waals surface area contributed by atoms with Crippen LogP contribution in [0.2, 0.25) is 0 Å². The minimum absolute atomic E-state index is 0.0257. The molecule has 0 aromatic heterocycles. The summed E-state index contributed by atoms with van der Waals surface area (Å²) < 4.78 is 4.88. The van der Waals surface area contributed by atoms with Crippen molar-refractivity contribution < 1.29 is 23.9 Å². The minimum Gasteiger partial charge on any atom is -0.454 e. The zero-order valence-corrected chi connectivity index (χ0v) is 17.9. The topological polar surface area (TPSA) is 114 Å². The summed E-state index contributed by atoms with van der Waals surface area (Å²) in [7, 11) is 0. The van der Waals surface area contributed by atoms with Gasteiger partial charge in [0.25, 0.3) is 11.8 Å². The molecule has 1 aromatic carbocycles. The number of carbonyl (C=O) groups is 4. The molecule has 0 saturated heterocycles. The smallest absolute Gasteiger partial charge is 0.328 e. The highest BCUT2D eigenvalue weighted by Gasteiger charge is 2.20. The Kier molecular flexibility index (Phi) is 8.82. The number of rotatable bonds is 8. The first-order chi connectivity index (χ1) is 13.4. The van der Waals surface area contributed by atoms with E-state index in [1.165, 1.54) is 6.92 Å². The third kappa shape index (κ3) is 8.76. The van der Waals surface area contributed by atoms with E-state index in [9.17, 15) is 19.2 Å². The zero-order chi connectivity index (χ0) is 22.2. The molecule has 0 saturated carbocycles. The van der Waals surface area contributed by atoms with Gasteiger partial charge in [0.15, 0.2) is 6.61 Å². The van der Waals surface area contributed by atoms with Crippen molar-refractivity contribution in [2.75, 3.05) is 13.2 Å². The third-order valence-electron chi connectivity index (χ3n) is 3.96. The van der Waals surface area contributed by atoms with Crippen LogP contribution in [0.15, 0.2) is 24.3 Å². The molecule has 0 unspecified atom stereocenters. The number of hydrogen-bond donors (Lipinski definition) is 3. The monoisotopic (exact) mass is 405 g/mol. The molecule has 1 aromatic rings. The summed E-state index contributed by atoms with van der Waals surface area (Å²) in [6.07, 6.45) is 0. The normalized spacial score (nSPS) is 12.1. The van der Waals surface area contributed by atoms with Gasteiger partial charge in [-0.05, 0) is 43.9 Å². The van der Waals surface area contributed by atoms with E-state index < -0.39 is 30.4 Å². The van der Waals surface area contributed by atoms with Crippen molar-refractivity contribution in [3.05, 3.63) is 35.4 Å². The highest BCUT2D eigenvalue weighted by atomic mass is 16.5. The van der Waals surface area contributed by atoms with Crippen LogP contribution in [0.3, 0.4) is 0 Å². The molecule has 0 heterocycles. The Morgan fingerprint density at radius 1 is 0.931 bits per heavy atom. The Morgan fingerprint density at radius 3 is 2.03 bits per heavy atom. The Bertz CT molecular complexity index is 736. The maximum atomic E-state index is 12.3. The van der Waals surface area contributed by atoms with Crippen LogP contribution in [0.4, 0.5) is 0 Å². The van der Waals surface area contributed by atoms with Crippen LogP contribution in [-0.4, -0.2) is 48.9 Å². The van der Waals surface area contributed by atoms with Gasteiger partial charge in [0.2, 0.25) is 5.91 Å². The van der Waals surface area contributed by atoms with Gasteiger partial charge in [0, 0.05) is 11.6 Å². The van der Waals surface area contributed by atoms with Gasteiger partial charge in [0.1, 0.15) is 6.04 Å². The molecule has 160 valence electrons. The van der Waals surface area contributed by atoms with Gasteiger partial charge in [-0.1, -0.05) is 32.9 Å². The molecule has 1 atom stereocenters. The first-order valence-electron chi connectivity index (χ1n) is 9.54. The van der Waals surface area contributed by atoms with Crippen molar-refractivity contribution in [1.29, 1.82) is 0 Å². The van der Waals surface area contributed by atoms with Crippen molar-refractivity contribution in [2.45, 2.75) is 59.0 Å². The Labute approximate surface area is 171 Å². The standard InChI is InChI=1S/C21H31N3O5/c1-13(2)23-17(25)11-22-18(26)12-29-20(28)14(3)24-19(27)15-7-9-16(10-8-15)21(4,5)6/h7-10,13-14H,11-12H2,1-6H3,(H,22,26)(H,23,25)(H,24,27)/t14-/m0/s1. The fraction of sp³-hybridized carbons (Fsp3) is 0.524. The first-order valence-corrected chi connectivity index (χ1v) is 9.54. The average molecular weight is 405 g/mol. The van der Waals surface area contributed by atoms with Crippen LogP contribution in [0.5, 0.6) is 0 Å². The number of hydrogen-bond acceptors (Lipinski definition) is 5. The summed E-state index contributed by atoms with van der Waals surface area (Å²) in [5, 5.41) is 7.51. The van der Waals surface area contributed by atoms with E-state index in [4.69, 9.17) is 4.74 Å². The van der Waals surface area contributed by atoms with Gasteiger partial charge in [-0.25, -0.2) is 4.79 Å². The van der Waals surface area contributed by atoms with Gasteiger partial charge < -0.3 is 20.7 Å². The van der Waals surface area contributed by atoms with E-state index in [1.54, 1.807) is 26.0 Å². The fourth-order valence-electron chi connectivity index (χ4n) is 2.33.